The van der Waals surface area contributed by atoms with E-state index in [-0.39, 0.29) is 17.7 Å². The second-order valence-corrected chi connectivity index (χ2v) is 8.12. The zero-order chi connectivity index (χ0) is 17.6. The Bertz CT molecular complexity index is 462. The van der Waals surface area contributed by atoms with Crippen LogP contribution in [0, 0.1) is 5.92 Å². The Morgan fingerprint density at radius 1 is 1.16 bits per heavy atom. The average molecular weight is 350 g/mol. The molecule has 0 aromatic carbocycles. The second-order valence-electron chi connectivity index (χ2n) is 8.12. The molecule has 2 atom stereocenters. The number of piperidine rings is 1. The van der Waals surface area contributed by atoms with E-state index in [1.54, 1.807) is 0 Å². The minimum absolute atomic E-state index is 0.0829. The molecule has 0 radical (unpaired) electrons. The minimum Gasteiger partial charge on any atom is -0.356 e. The van der Waals surface area contributed by atoms with Gasteiger partial charge in [0.25, 0.3) is 0 Å². The average Bonchev–Trinajstić information content (AvgIpc) is 3.28. The van der Waals surface area contributed by atoms with Gasteiger partial charge in [-0.25, -0.2) is 0 Å². The van der Waals surface area contributed by atoms with E-state index in [9.17, 15) is 9.59 Å². The van der Waals surface area contributed by atoms with Crippen molar-refractivity contribution in [1.29, 1.82) is 0 Å². The Balaban J connectivity index is 1.36. The standard InChI is InChI=1S/C20H35N3O2/c1-2-17-8-5-6-12-22(17)13-7-11-21-20(25)16-14-19(24)23(15-16)18-9-3-4-10-18/h16-18H,2-15H2,1H3,(H,21,25)/t16-,17+/m0/s1. The molecule has 2 saturated heterocycles. The normalized spacial score (nSPS) is 28.7. The van der Waals surface area contributed by atoms with Gasteiger partial charge in [-0.2, -0.15) is 0 Å². The lowest BCUT2D eigenvalue weighted by Crippen LogP contribution is -2.41. The van der Waals surface area contributed by atoms with E-state index in [4.69, 9.17) is 0 Å². The fourth-order valence-electron chi connectivity index (χ4n) is 4.93. The third-order valence-electron chi connectivity index (χ3n) is 6.44. The van der Waals surface area contributed by atoms with Crippen LogP contribution in [0.4, 0.5) is 0 Å². The fourth-order valence-corrected chi connectivity index (χ4v) is 4.93. The molecule has 3 fully saturated rings. The summed E-state index contributed by atoms with van der Waals surface area (Å²) in [5.74, 6) is 0.136. The first-order valence-corrected chi connectivity index (χ1v) is 10.5. The largest absolute Gasteiger partial charge is 0.356 e. The van der Waals surface area contributed by atoms with E-state index in [0.29, 0.717) is 19.0 Å². The topological polar surface area (TPSA) is 52.7 Å². The van der Waals surface area contributed by atoms with E-state index in [0.717, 1.165) is 38.4 Å². The van der Waals surface area contributed by atoms with Crippen molar-refractivity contribution in [3.05, 3.63) is 0 Å². The Morgan fingerprint density at radius 2 is 1.92 bits per heavy atom. The number of amides is 2. The quantitative estimate of drug-likeness (QED) is 0.719. The van der Waals surface area contributed by atoms with Crippen LogP contribution in [0.3, 0.4) is 0 Å². The zero-order valence-electron chi connectivity index (χ0n) is 15.8. The summed E-state index contributed by atoms with van der Waals surface area (Å²) in [5, 5.41) is 3.08. The molecule has 0 spiro atoms. The molecule has 2 aliphatic heterocycles. The first kappa shape index (κ1) is 18.7. The van der Waals surface area contributed by atoms with Gasteiger partial charge in [0.15, 0.2) is 0 Å². The number of likely N-dealkylation sites (tertiary alicyclic amines) is 2. The fraction of sp³-hybridized carbons (Fsp3) is 0.900. The van der Waals surface area contributed by atoms with Crippen LogP contribution in [0.1, 0.15) is 71.1 Å². The van der Waals surface area contributed by atoms with E-state index >= 15 is 0 Å². The zero-order valence-corrected chi connectivity index (χ0v) is 15.8. The minimum atomic E-state index is -0.133. The third-order valence-corrected chi connectivity index (χ3v) is 6.44. The summed E-state index contributed by atoms with van der Waals surface area (Å²) in [5.41, 5.74) is 0. The van der Waals surface area contributed by atoms with Crippen molar-refractivity contribution in [3.63, 3.8) is 0 Å². The summed E-state index contributed by atoms with van der Waals surface area (Å²) in [6.07, 6.45) is 11.3. The van der Waals surface area contributed by atoms with Gasteiger partial charge in [0.2, 0.25) is 11.8 Å². The van der Waals surface area contributed by atoms with Gasteiger partial charge in [0, 0.05) is 38.1 Å². The molecule has 0 bridgehead atoms. The van der Waals surface area contributed by atoms with E-state index < -0.39 is 0 Å². The molecule has 142 valence electrons. The number of rotatable bonds is 7. The van der Waals surface area contributed by atoms with E-state index in [2.05, 4.69) is 17.1 Å². The molecule has 3 rings (SSSR count). The molecule has 5 nitrogen and oxygen atoms in total. The number of nitrogens with zero attached hydrogens (tertiary/aromatic N) is 2. The van der Waals surface area contributed by atoms with Crippen molar-refractivity contribution >= 4 is 11.8 Å². The molecule has 2 heterocycles. The maximum Gasteiger partial charge on any atom is 0.225 e. The summed E-state index contributed by atoms with van der Waals surface area (Å²) >= 11 is 0. The Morgan fingerprint density at radius 3 is 2.68 bits per heavy atom. The third kappa shape index (κ3) is 4.75. The molecule has 2 amide bonds. The van der Waals surface area contributed by atoms with Gasteiger partial charge in [-0.3, -0.25) is 9.59 Å². The maximum atomic E-state index is 12.4. The van der Waals surface area contributed by atoms with Crippen molar-refractivity contribution in [2.45, 2.75) is 83.2 Å². The number of hydrogen-bond donors (Lipinski definition) is 1. The lowest BCUT2D eigenvalue weighted by molar-refractivity contribution is -0.130. The first-order chi connectivity index (χ1) is 12.2. The Kier molecular flexibility index (Phi) is 6.74. The Hall–Kier alpha value is -1.10. The highest BCUT2D eigenvalue weighted by atomic mass is 16.2. The van der Waals surface area contributed by atoms with Crippen LogP contribution in [0.25, 0.3) is 0 Å². The van der Waals surface area contributed by atoms with Crippen molar-refractivity contribution < 1.29 is 9.59 Å². The lowest BCUT2D eigenvalue weighted by Gasteiger charge is -2.35. The maximum absolute atomic E-state index is 12.4. The highest BCUT2D eigenvalue weighted by Gasteiger charge is 2.38. The van der Waals surface area contributed by atoms with Crippen LogP contribution in [-0.2, 0) is 9.59 Å². The Labute approximate surface area is 152 Å². The lowest BCUT2D eigenvalue weighted by atomic mass is 10.00. The van der Waals surface area contributed by atoms with E-state index in [1.165, 1.54) is 45.1 Å². The number of hydrogen-bond acceptors (Lipinski definition) is 3. The molecule has 1 saturated carbocycles. The van der Waals surface area contributed by atoms with Crippen LogP contribution >= 0.6 is 0 Å². The van der Waals surface area contributed by atoms with E-state index in [1.807, 2.05) is 4.90 Å². The summed E-state index contributed by atoms with van der Waals surface area (Å²) < 4.78 is 0. The summed E-state index contributed by atoms with van der Waals surface area (Å²) in [7, 11) is 0. The predicted molar refractivity (Wildman–Crippen MR) is 99.2 cm³/mol. The molecular formula is C20H35N3O2. The molecule has 25 heavy (non-hydrogen) atoms. The van der Waals surface area contributed by atoms with Crippen molar-refractivity contribution in [2.75, 3.05) is 26.2 Å². The molecule has 0 aromatic rings. The van der Waals surface area contributed by atoms with Crippen molar-refractivity contribution in [3.8, 4) is 0 Å². The number of carbonyl (C=O) groups excluding carboxylic acids is 2. The number of nitrogens with one attached hydrogen (secondary N) is 1. The van der Waals surface area contributed by atoms with Gasteiger partial charge in [-0.1, -0.05) is 26.2 Å². The van der Waals surface area contributed by atoms with Crippen LogP contribution in [0.2, 0.25) is 0 Å². The van der Waals surface area contributed by atoms with Crippen molar-refractivity contribution in [1.82, 2.24) is 15.1 Å². The van der Waals surface area contributed by atoms with Gasteiger partial charge in [0.05, 0.1) is 5.92 Å². The SMILES string of the molecule is CC[C@@H]1CCCCN1CCCNC(=O)[C@H]1CC(=O)N(C2CCCC2)C1. The first-order valence-electron chi connectivity index (χ1n) is 10.5. The predicted octanol–water partition coefficient (Wildman–Crippen LogP) is 2.55. The van der Waals surface area contributed by atoms with Gasteiger partial charge >= 0.3 is 0 Å². The van der Waals surface area contributed by atoms with Crippen LogP contribution in [0.15, 0.2) is 0 Å². The smallest absolute Gasteiger partial charge is 0.225 e. The van der Waals surface area contributed by atoms with Gasteiger partial charge in [-0.05, 0) is 45.1 Å². The molecule has 1 N–H and O–H groups in total. The van der Waals surface area contributed by atoms with Crippen LogP contribution in [-0.4, -0.2) is 59.9 Å². The van der Waals surface area contributed by atoms with Gasteiger partial charge < -0.3 is 15.1 Å². The van der Waals surface area contributed by atoms with Crippen molar-refractivity contribution in [2.24, 2.45) is 5.92 Å². The highest BCUT2D eigenvalue weighted by Crippen LogP contribution is 2.29. The summed E-state index contributed by atoms with van der Waals surface area (Å²) in [4.78, 5) is 29.2. The second kappa shape index (κ2) is 9.02. The van der Waals surface area contributed by atoms with Gasteiger partial charge in [0.1, 0.15) is 0 Å². The molecule has 0 unspecified atom stereocenters. The molecule has 1 aliphatic carbocycles. The molecular weight excluding hydrogens is 314 g/mol. The number of carbonyl (C=O) groups is 2. The monoisotopic (exact) mass is 349 g/mol. The summed E-state index contributed by atoms with van der Waals surface area (Å²) in [6.45, 7) is 5.94. The van der Waals surface area contributed by atoms with Crippen LogP contribution in [0.5, 0.6) is 0 Å². The molecule has 5 heteroatoms. The van der Waals surface area contributed by atoms with Gasteiger partial charge in [-0.15, -0.1) is 0 Å². The van der Waals surface area contributed by atoms with Crippen LogP contribution < -0.4 is 5.32 Å². The highest BCUT2D eigenvalue weighted by molar-refractivity contribution is 5.89. The molecule has 3 aliphatic rings. The summed E-state index contributed by atoms with van der Waals surface area (Å²) in [6, 6.07) is 1.13. The molecule has 0 aromatic heterocycles.